The first-order chi connectivity index (χ1) is 22.0. The summed E-state index contributed by atoms with van der Waals surface area (Å²) < 4.78 is 99.1. The molecule has 1 amide bonds. The molecule has 4 heterocycles. The van der Waals surface area contributed by atoms with E-state index in [1.54, 1.807) is 0 Å². The predicted octanol–water partition coefficient (Wildman–Crippen LogP) is 2.53. The second-order valence-corrected chi connectivity index (χ2v) is 11.7. The molecule has 2 aromatic heterocycles. The Labute approximate surface area is 271 Å². The van der Waals surface area contributed by atoms with E-state index in [1.807, 2.05) is 43.3 Å². The highest BCUT2D eigenvalue weighted by atomic mass is 19.4. The smallest absolute Gasteiger partial charge is 0.475 e. The summed E-state index contributed by atoms with van der Waals surface area (Å²) in [4.78, 5) is 44.3. The normalized spacial score (nSPS) is 18.2. The number of nitrogens with zero attached hydrogens (tertiary/aromatic N) is 7. The first-order valence-electron chi connectivity index (χ1n) is 13.5. The van der Waals surface area contributed by atoms with Gasteiger partial charge >= 0.3 is 36.4 Å². The Morgan fingerprint density at radius 1 is 0.837 bits per heavy atom. The molecule has 4 N–H and O–H groups in total. The van der Waals surface area contributed by atoms with Gasteiger partial charge in [0.2, 0.25) is 5.82 Å². The molecule has 278 valence electrons. The van der Waals surface area contributed by atoms with E-state index in [0.29, 0.717) is 12.4 Å². The van der Waals surface area contributed by atoms with Gasteiger partial charge in [-0.05, 0) is 34.2 Å². The van der Waals surface area contributed by atoms with Gasteiger partial charge < -0.3 is 25.2 Å². The van der Waals surface area contributed by atoms with Gasteiger partial charge in [-0.25, -0.2) is 14.4 Å². The van der Waals surface area contributed by atoms with E-state index >= 15 is 0 Å². The third kappa shape index (κ3) is 13.5. The van der Waals surface area contributed by atoms with Gasteiger partial charge in [0, 0.05) is 50.5 Å². The van der Waals surface area contributed by atoms with Gasteiger partial charge in [-0.1, -0.05) is 0 Å². The average molecular weight is 729 g/mol. The van der Waals surface area contributed by atoms with Crippen molar-refractivity contribution in [3.8, 4) is 0 Å². The number of halogens is 9. The highest BCUT2D eigenvalue weighted by molar-refractivity contribution is 5.91. The summed E-state index contributed by atoms with van der Waals surface area (Å²) in [6, 6.07) is 0. The molecular weight excluding hydrogens is 695 g/mol. The van der Waals surface area contributed by atoms with Crippen LogP contribution in [0.25, 0.3) is 0 Å². The number of alkyl halides is 9. The van der Waals surface area contributed by atoms with E-state index < -0.39 is 36.4 Å². The Hall–Kier alpha value is -4.48. The molecule has 24 heteroatoms. The Kier molecular flexibility index (Phi) is 13.7. The van der Waals surface area contributed by atoms with Crippen LogP contribution >= 0.6 is 0 Å². The Morgan fingerprint density at radius 3 is 1.69 bits per heavy atom. The van der Waals surface area contributed by atoms with Crippen molar-refractivity contribution in [2.24, 2.45) is 7.05 Å². The lowest BCUT2D eigenvalue weighted by Gasteiger charge is -2.43. The van der Waals surface area contributed by atoms with E-state index in [2.05, 4.69) is 43.7 Å². The molecule has 0 aromatic carbocycles. The van der Waals surface area contributed by atoms with Gasteiger partial charge in [0.25, 0.3) is 5.91 Å². The van der Waals surface area contributed by atoms with Gasteiger partial charge in [0.1, 0.15) is 5.82 Å². The fourth-order valence-electron chi connectivity index (χ4n) is 4.31. The third-order valence-corrected chi connectivity index (χ3v) is 6.46. The van der Waals surface area contributed by atoms with Crippen LogP contribution in [0.3, 0.4) is 0 Å². The molecular formula is C25H33F9N8O7. The van der Waals surface area contributed by atoms with Gasteiger partial charge in [-0.15, -0.1) is 10.2 Å². The van der Waals surface area contributed by atoms with Crippen molar-refractivity contribution < 1.29 is 74.0 Å². The van der Waals surface area contributed by atoms with Crippen molar-refractivity contribution in [1.29, 1.82) is 0 Å². The number of hydrogen-bond donors (Lipinski definition) is 4. The van der Waals surface area contributed by atoms with Crippen LogP contribution in [0.4, 0.5) is 39.5 Å². The quantitative estimate of drug-likeness (QED) is 0.338. The lowest BCUT2D eigenvalue weighted by molar-refractivity contribution is -0.193. The van der Waals surface area contributed by atoms with Crippen LogP contribution in [0.5, 0.6) is 0 Å². The van der Waals surface area contributed by atoms with Crippen molar-refractivity contribution in [3.05, 3.63) is 29.6 Å². The van der Waals surface area contributed by atoms with E-state index in [9.17, 15) is 44.3 Å². The second kappa shape index (κ2) is 15.8. The molecule has 0 bridgehead atoms. The van der Waals surface area contributed by atoms with Crippen molar-refractivity contribution >= 4 is 23.8 Å². The van der Waals surface area contributed by atoms with Crippen LogP contribution in [0.15, 0.2) is 12.4 Å². The molecule has 1 atom stereocenters. The molecule has 0 aliphatic carbocycles. The number of carboxylic acids is 3. The second-order valence-electron chi connectivity index (χ2n) is 11.7. The highest BCUT2D eigenvalue weighted by Crippen LogP contribution is 2.34. The monoisotopic (exact) mass is 728 g/mol. The summed E-state index contributed by atoms with van der Waals surface area (Å²) in [5, 5.41) is 37.2. The molecule has 0 radical (unpaired) electrons. The van der Waals surface area contributed by atoms with Crippen molar-refractivity contribution in [1.82, 2.24) is 39.7 Å². The van der Waals surface area contributed by atoms with Crippen LogP contribution in [-0.4, -0.2) is 123 Å². The predicted molar refractivity (Wildman–Crippen MR) is 146 cm³/mol. The summed E-state index contributed by atoms with van der Waals surface area (Å²) in [6.45, 7) is 10.2. The first-order valence-corrected chi connectivity index (χ1v) is 13.5. The number of likely N-dealkylation sites (N-methyl/N-ethyl adjacent to an activating group) is 1. The first kappa shape index (κ1) is 42.5. The lowest BCUT2D eigenvalue weighted by Crippen LogP contribution is -2.55. The van der Waals surface area contributed by atoms with Gasteiger partial charge in [-0.3, -0.25) is 19.3 Å². The molecule has 1 saturated heterocycles. The zero-order chi connectivity index (χ0) is 38.3. The van der Waals surface area contributed by atoms with Gasteiger partial charge in [0.05, 0.1) is 18.3 Å². The lowest BCUT2D eigenvalue weighted by atomic mass is 9.94. The molecule has 4 rings (SSSR count). The number of aliphatic carboxylic acids is 3. The molecule has 15 nitrogen and oxygen atoms in total. The molecule has 1 spiro atoms. The number of carboxylic acid groups (broad SMARTS) is 3. The molecule has 1 unspecified atom stereocenters. The minimum absolute atomic E-state index is 0.00560. The van der Waals surface area contributed by atoms with E-state index in [4.69, 9.17) is 29.7 Å². The summed E-state index contributed by atoms with van der Waals surface area (Å²) in [6.07, 6.45) is -10.2. The van der Waals surface area contributed by atoms with Gasteiger partial charge in [0.15, 0.2) is 0 Å². The minimum Gasteiger partial charge on any atom is -0.475 e. The maximum absolute atomic E-state index is 12.7. The zero-order valence-electron chi connectivity index (χ0n) is 26.4. The van der Waals surface area contributed by atoms with Crippen molar-refractivity contribution in [3.63, 3.8) is 0 Å². The van der Waals surface area contributed by atoms with Crippen LogP contribution in [0.1, 0.15) is 49.2 Å². The highest BCUT2D eigenvalue weighted by Gasteiger charge is 2.46. The SMILES string of the molecule is CN1Cc2nnc(C(=O)NC(C)(C)C)n2CC12CCN(Cc1cnn(C)c1)C2.O=C(O)C(F)(F)F.O=C(O)C(F)(F)F.O=C(O)C(F)(F)F. The van der Waals surface area contributed by atoms with E-state index in [-0.39, 0.29) is 17.0 Å². The molecule has 49 heavy (non-hydrogen) atoms. The Morgan fingerprint density at radius 2 is 1.31 bits per heavy atom. The minimum atomic E-state index is -5.08. The van der Waals surface area contributed by atoms with Gasteiger partial charge in [-0.2, -0.15) is 44.6 Å². The molecule has 2 aliphatic heterocycles. The number of fused-ring (bicyclic) bond motifs is 1. The number of aryl methyl sites for hydroxylation is 1. The van der Waals surface area contributed by atoms with Crippen molar-refractivity contribution in [2.75, 3.05) is 20.1 Å². The van der Waals surface area contributed by atoms with Crippen LogP contribution in [-0.2, 0) is 41.1 Å². The van der Waals surface area contributed by atoms with E-state index in [1.165, 1.54) is 5.56 Å². The standard InChI is InChI=1S/C19H30N8O.3C2HF3O2/c1-18(2,3)21-17(28)16-23-22-15-11-24(4)19(13-27(15)16)6-7-26(12-19)10-14-8-20-25(5)9-14;3*3-2(4,5)1(6)7/h8-9H,6-7,10-13H2,1-5H3,(H,21,28);3*(H,6,7). The largest absolute Gasteiger partial charge is 0.490 e. The maximum atomic E-state index is 12.7. The fraction of sp³-hybridized carbons (Fsp3) is 0.640. The number of amides is 1. The molecule has 2 aromatic rings. The number of likely N-dealkylation sites (tertiary alicyclic amines) is 1. The summed E-state index contributed by atoms with van der Waals surface area (Å²) in [7, 11) is 4.10. The molecule has 1 fully saturated rings. The van der Waals surface area contributed by atoms with Crippen LogP contribution in [0.2, 0.25) is 0 Å². The summed E-state index contributed by atoms with van der Waals surface area (Å²) in [5.74, 6) is -7.15. The Bertz CT molecular complexity index is 1410. The Balaban J connectivity index is 0.000000467. The molecule has 2 aliphatic rings. The van der Waals surface area contributed by atoms with Crippen LogP contribution in [0, 0.1) is 0 Å². The number of carbonyl (C=O) groups is 4. The van der Waals surface area contributed by atoms with Crippen LogP contribution < -0.4 is 5.32 Å². The maximum Gasteiger partial charge on any atom is 0.490 e. The molecule has 0 saturated carbocycles. The zero-order valence-corrected chi connectivity index (χ0v) is 26.4. The number of nitrogens with one attached hydrogen (secondary N) is 1. The summed E-state index contributed by atoms with van der Waals surface area (Å²) in [5.41, 5.74) is 0.919. The topological polar surface area (TPSA) is 196 Å². The van der Waals surface area contributed by atoms with E-state index in [0.717, 1.165) is 38.4 Å². The number of aromatic nitrogens is 5. The average Bonchev–Trinajstić information content (AvgIpc) is 3.62. The number of rotatable bonds is 3. The number of carbonyl (C=O) groups excluding carboxylic acids is 1. The number of hydrogen-bond acceptors (Lipinski definition) is 9. The van der Waals surface area contributed by atoms with Crippen molar-refractivity contribution in [2.45, 2.75) is 76.4 Å². The fourth-order valence-corrected chi connectivity index (χ4v) is 4.31. The summed E-state index contributed by atoms with van der Waals surface area (Å²) >= 11 is 0. The third-order valence-electron chi connectivity index (χ3n) is 6.46.